The predicted molar refractivity (Wildman–Crippen MR) is 101 cm³/mol. The molecule has 5 heterocycles. The van der Waals surface area contributed by atoms with Crippen molar-refractivity contribution < 1.29 is 14.3 Å². The fourth-order valence-electron chi connectivity index (χ4n) is 4.37. The molecular weight excluding hydrogens is 344 g/mol. The highest BCUT2D eigenvalue weighted by Crippen LogP contribution is 2.30. The van der Waals surface area contributed by atoms with Gasteiger partial charge in [0.25, 0.3) is 5.91 Å². The summed E-state index contributed by atoms with van der Waals surface area (Å²) in [6.07, 6.45) is 3.74. The summed E-state index contributed by atoms with van der Waals surface area (Å²) in [6.45, 7) is 6.04. The van der Waals surface area contributed by atoms with Crippen molar-refractivity contribution in [1.29, 1.82) is 0 Å². The molecule has 3 aliphatic heterocycles. The monoisotopic (exact) mass is 370 g/mol. The normalized spacial score (nSPS) is 22.6. The largest absolute Gasteiger partial charge is 0.383 e. The van der Waals surface area contributed by atoms with E-state index in [1.807, 2.05) is 46.4 Å². The summed E-state index contributed by atoms with van der Waals surface area (Å²) >= 11 is 0. The Morgan fingerprint density at radius 1 is 1.26 bits per heavy atom. The van der Waals surface area contributed by atoms with Gasteiger partial charge in [0.2, 0.25) is 5.91 Å². The predicted octanol–water partition coefficient (Wildman–Crippen LogP) is 1.66. The number of aromatic nitrogens is 2. The van der Waals surface area contributed by atoms with Gasteiger partial charge in [0.15, 0.2) is 0 Å². The molecule has 3 saturated heterocycles. The number of piperidine rings is 1. The van der Waals surface area contributed by atoms with Gasteiger partial charge in [-0.2, -0.15) is 0 Å². The molecule has 2 aromatic rings. The van der Waals surface area contributed by atoms with Gasteiger partial charge in [-0.05, 0) is 38.3 Å². The van der Waals surface area contributed by atoms with Crippen molar-refractivity contribution in [3.05, 3.63) is 35.3 Å². The van der Waals surface area contributed by atoms with Crippen LogP contribution in [0.1, 0.15) is 34.6 Å². The molecule has 7 heteroatoms. The van der Waals surface area contributed by atoms with Crippen LogP contribution in [0.15, 0.2) is 18.3 Å². The first kappa shape index (κ1) is 18.0. The molecule has 2 bridgehead atoms. The van der Waals surface area contributed by atoms with Gasteiger partial charge in [-0.15, -0.1) is 0 Å². The van der Waals surface area contributed by atoms with Crippen LogP contribution in [-0.4, -0.2) is 70.4 Å². The number of hydrogen-bond donors (Lipinski definition) is 0. The Bertz CT molecular complexity index is 891. The smallest absolute Gasteiger partial charge is 0.272 e. The van der Waals surface area contributed by atoms with Crippen molar-refractivity contribution in [3.63, 3.8) is 0 Å². The molecule has 27 heavy (non-hydrogen) atoms. The molecule has 3 aliphatic rings. The summed E-state index contributed by atoms with van der Waals surface area (Å²) in [6, 6.07) is 3.99. The summed E-state index contributed by atoms with van der Waals surface area (Å²) in [7, 11) is 1.64. The summed E-state index contributed by atoms with van der Waals surface area (Å²) in [4.78, 5) is 34.5. The van der Waals surface area contributed by atoms with Crippen LogP contribution in [0, 0.1) is 19.8 Å². The lowest BCUT2D eigenvalue weighted by molar-refractivity contribution is -0.140. The number of fused-ring (bicyclic) bond motifs is 5. The zero-order valence-electron chi connectivity index (χ0n) is 16.1. The van der Waals surface area contributed by atoms with Crippen LogP contribution in [0.2, 0.25) is 0 Å². The third-order valence-electron chi connectivity index (χ3n) is 5.76. The molecule has 3 fully saturated rings. The minimum atomic E-state index is -0.120. The van der Waals surface area contributed by atoms with Crippen LogP contribution >= 0.6 is 0 Å². The van der Waals surface area contributed by atoms with E-state index in [1.54, 1.807) is 7.11 Å². The molecule has 5 rings (SSSR count). The summed E-state index contributed by atoms with van der Waals surface area (Å²) in [5.74, 6) is -0.000941. The van der Waals surface area contributed by atoms with Gasteiger partial charge in [-0.25, -0.2) is 4.98 Å². The molecule has 0 aliphatic carbocycles. The third-order valence-corrected chi connectivity index (χ3v) is 5.76. The zero-order valence-corrected chi connectivity index (χ0v) is 16.1. The average Bonchev–Trinajstić information content (AvgIpc) is 2.79. The quantitative estimate of drug-likeness (QED) is 0.821. The van der Waals surface area contributed by atoms with E-state index in [0.29, 0.717) is 31.9 Å². The third kappa shape index (κ3) is 3.10. The number of carbonyl (C=O) groups excluding carboxylic acids is 2. The van der Waals surface area contributed by atoms with Crippen LogP contribution < -0.4 is 0 Å². The molecule has 2 aromatic heterocycles. The van der Waals surface area contributed by atoms with Gasteiger partial charge >= 0.3 is 0 Å². The Morgan fingerprint density at radius 3 is 2.85 bits per heavy atom. The maximum atomic E-state index is 13.4. The van der Waals surface area contributed by atoms with Crippen molar-refractivity contribution in [3.8, 4) is 0 Å². The van der Waals surface area contributed by atoms with Gasteiger partial charge in [0.05, 0.1) is 18.2 Å². The van der Waals surface area contributed by atoms with E-state index in [4.69, 9.17) is 4.74 Å². The van der Waals surface area contributed by atoms with E-state index in [-0.39, 0.29) is 23.8 Å². The number of hydrogen-bond acceptors (Lipinski definition) is 4. The molecule has 0 saturated carbocycles. The Hall–Kier alpha value is -2.41. The summed E-state index contributed by atoms with van der Waals surface area (Å²) < 4.78 is 7.04. The highest BCUT2D eigenvalue weighted by molar-refractivity contribution is 5.95. The number of carbonyl (C=O) groups is 2. The van der Waals surface area contributed by atoms with Gasteiger partial charge in [0.1, 0.15) is 11.3 Å². The van der Waals surface area contributed by atoms with Crippen LogP contribution in [0.25, 0.3) is 5.65 Å². The van der Waals surface area contributed by atoms with Gasteiger partial charge in [-0.3, -0.25) is 14.0 Å². The Morgan fingerprint density at radius 2 is 2.07 bits per heavy atom. The molecule has 0 N–H and O–H groups in total. The maximum absolute atomic E-state index is 13.4. The standard InChI is InChI=1S/C20H26N4O3/c1-13-4-7-17-21-14(2)18(24(17)10-13)20(26)22-11-15-5-6-16(12-22)23(19(15)25)8-9-27-3/h4,7,10,15-16H,5-6,8-9,11-12H2,1-3H3/t15-,16+/m0/s1. The van der Waals surface area contributed by atoms with Crippen LogP contribution in [0.4, 0.5) is 0 Å². The number of aryl methyl sites for hydroxylation is 2. The van der Waals surface area contributed by atoms with Crippen molar-refractivity contribution in [2.24, 2.45) is 5.92 Å². The zero-order chi connectivity index (χ0) is 19.1. The van der Waals surface area contributed by atoms with Gasteiger partial charge in [-0.1, -0.05) is 6.07 Å². The summed E-state index contributed by atoms with van der Waals surface area (Å²) in [5, 5.41) is 0. The number of imidazole rings is 1. The van der Waals surface area contributed by atoms with Crippen LogP contribution in [-0.2, 0) is 9.53 Å². The Kier molecular flexibility index (Phi) is 4.63. The van der Waals surface area contributed by atoms with E-state index >= 15 is 0 Å². The topological polar surface area (TPSA) is 67.2 Å². The number of methoxy groups -OCH3 is 1. The van der Waals surface area contributed by atoms with Crippen molar-refractivity contribution in [2.45, 2.75) is 32.7 Å². The van der Waals surface area contributed by atoms with E-state index in [2.05, 4.69) is 4.98 Å². The SMILES string of the molecule is COCCN1C(=O)[C@H]2CC[C@@H]1CN(C(=O)c1c(C)nc3ccc(C)cn13)C2. The van der Waals surface area contributed by atoms with E-state index < -0.39 is 0 Å². The molecule has 0 unspecified atom stereocenters. The van der Waals surface area contributed by atoms with Gasteiger partial charge in [0, 0.05) is 39.0 Å². The van der Waals surface area contributed by atoms with E-state index in [9.17, 15) is 9.59 Å². The van der Waals surface area contributed by atoms with Gasteiger partial charge < -0.3 is 14.5 Å². The minimum absolute atomic E-state index is 0.0381. The Labute approximate surface area is 158 Å². The number of ether oxygens (including phenoxy) is 1. The minimum Gasteiger partial charge on any atom is -0.383 e. The first-order valence-corrected chi connectivity index (χ1v) is 9.53. The molecule has 0 radical (unpaired) electrons. The second-order valence-electron chi connectivity index (χ2n) is 7.64. The maximum Gasteiger partial charge on any atom is 0.272 e. The number of rotatable bonds is 4. The lowest BCUT2D eigenvalue weighted by Gasteiger charge is -2.35. The molecule has 7 nitrogen and oxygen atoms in total. The molecule has 0 aromatic carbocycles. The highest BCUT2D eigenvalue weighted by Gasteiger charge is 2.42. The fourth-order valence-corrected chi connectivity index (χ4v) is 4.37. The van der Waals surface area contributed by atoms with Crippen molar-refractivity contribution >= 4 is 17.5 Å². The lowest BCUT2D eigenvalue weighted by Crippen LogP contribution is -2.49. The molecule has 2 atom stereocenters. The second kappa shape index (κ2) is 6.96. The van der Waals surface area contributed by atoms with Crippen LogP contribution in [0.3, 0.4) is 0 Å². The van der Waals surface area contributed by atoms with Crippen molar-refractivity contribution in [2.75, 3.05) is 33.4 Å². The lowest BCUT2D eigenvalue weighted by atomic mass is 9.94. The second-order valence-corrected chi connectivity index (χ2v) is 7.64. The molecule has 144 valence electrons. The molecule has 0 spiro atoms. The van der Waals surface area contributed by atoms with Crippen molar-refractivity contribution in [1.82, 2.24) is 19.2 Å². The fraction of sp³-hybridized carbons (Fsp3) is 0.550. The first-order valence-electron chi connectivity index (χ1n) is 9.53. The number of pyridine rings is 1. The average molecular weight is 370 g/mol. The van der Waals surface area contributed by atoms with E-state index in [0.717, 1.165) is 29.7 Å². The molecular formula is C20H26N4O3. The number of amides is 2. The molecule has 2 amide bonds. The van der Waals surface area contributed by atoms with Crippen LogP contribution in [0.5, 0.6) is 0 Å². The summed E-state index contributed by atoms with van der Waals surface area (Å²) in [5.41, 5.74) is 3.18. The van der Waals surface area contributed by atoms with E-state index in [1.165, 1.54) is 0 Å². The number of nitrogens with zero attached hydrogens (tertiary/aromatic N) is 4. The highest BCUT2D eigenvalue weighted by atomic mass is 16.5. The Balaban J connectivity index is 1.65. The first-order chi connectivity index (χ1) is 13.0.